The van der Waals surface area contributed by atoms with E-state index in [-0.39, 0.29) is 17.5 Å². The Morgan fingerprint density at radius 2 is 1.48 bits per heavy atom. The molecule has 2 N–H and O–H groups in total. The Hall–Kier alpha value is -2.23. The van der Waals surface area contributed by atoms with Crippen molar-refractivity contribution in [2.45, 2.75) is 71.1 Å². The van der Waals surface area contributed by atoms with Crippen LogP contribution in [0.5, 0.6) is 0 Å². The molecule has 0 unspecified atom stereocenters. The van der Waals surface area contributed by atoms with E-state index in [4.69, 9.17) is 4.12 Å². The van der Waals surface area contributed by atoms with Crippen molar-refractivity contribution in [2.24, 2.45) is 5.92 Å². The summed E-state index contributed by atoms with van der Waals surface area (Å²) in [6, 6.07) is 19.9. The molecule has 0 saturated heterocycles. The van der Waals surface area contributed by atoms with Gasteiger partial charge in [-0.1, -0.05) is 62.4 Å². The standard InChI is InChI=1S/C26H40N2O3Si2/c1-21(2)19-25(28-26(30)23-15-11-8-12-16-23)33(6,31-32(3,4)5)18-17-24(29)27-20-22-13-9-7-10-14-22/h7-16,21,25H,17-20H2,1-6H3,(H,27,29)(H,28,30)/t25-,33-/m1/s1. The third-order valence-electron chi connectivity index (χ3n) is 5.51. The topological polar surface area (TPSA) is 67.4 Å². The maximum absolute atomic E-state index is 13.0. The molecule has 0 saturated carbocycles. The molecule has 0 aliphatic heterocycles. The second-order valence-electron chi connectivity index (χ2n) is 10.3. The largest absolute Gasteiger partial charge is 0.454 e. The van der Waals surface area contributed by atoms with E-state index in [1.165, 1.54) is 0 Å². The third-order valence-corrected chi connectivity index (χ3v) is 12.9. The van der Waals surface area contributed by atoms with Crippen molar-refractivity contribution < 1.29 is 13.7 Å². The summed E-state index contributed by atoms with van der Waals surface area (Å²) in [5, 5.41) is 6.33. The maximum Gasteiger partial charge on any atom is 0.251 e. The van der Waals surface area contributed by atoms with Crippen LogP contribution in [-0.2, 0) is 15.5 Å². The van der Waals surface area contributed by atoms with Crippen LogP contribution in [0.4, 0.5) is 0 Å². The molecule has 180 valence electrons. The second-order valence-corrected chi connectivity index (χ2v) is 19.2. The first-order valence-corrected chi connectivity index (χ1v) is 18.0. The lowest BCUT2D eigenvalue weighted by molar-refractivity contribution is -0.120. The average Bonchev–Trinajstić information content (AvgIpc) is 2.75. The zero-order chi connectivity index (χ0) is 24.5. The van der Waals surface area contributed by atoms with Gasteiger partial charge in [0.25, 0.3) is 5.91 Å². The molecule has 0 heterocycles. The van der Waals surface area contributed by atoms with Gasteiger partial charge in [-0.3, -0.25) is 9.59 Å². The Kier molecular flexibility index (Phi) is 10.1. The summed E-state index contributed by atoms with van der Waals surface area (Å²) in [6.45, 7) is 13.6. The predicted octanol–water partition coefficient (Wildman–Crippen LogP) is 5.50. The fourth-order valence-electron chi connectivity index (χ4n) is 4.01. The molecule has 2 aromatic carbocycles. The first kappa shape index (κ1) is 27.0. The van der Waals surface area contributed by atoms with Crippen molar-refractivity contribution in [3.05, 3.63) is 71.8 Å². The van der Waals surface area contributed by atoms with Crippen LogP contribution in [0.3, 0.4) is 0 Å². The first-order chi connectivity index (χ1) is 15.5. The number of carbonyl (C=O) groups is 2. The molecule has 0 aliphatic rings. The van der Waals surface area contributed by atoms with Crippen molar-refractivity contribution in [1.82, 2.24) is 10.6 Å². The van der Waals surface area contributed by atoms with E-state index >= 15 is 0 Å². The van der Waals surface area contributed by atoms with E-state index < -0.39 is 16.6 Å². The van der Waals surface area contributed by atoms with Crippen LogP contribution in [0, 0.1) is 5.92 Å². The molecule has 5 nitrogen and oxygen atoms in total. The molecule has 0 aromatic heterocycles. The summed E-state index contributed by atoms with van der Waals surface area (Å²) < 4.78 is 6.82. The Morgan fingerprint density at radius 3 is 2.03 bits per heavy atom. The van der Waals surface area contributed by atoms with Crippen molar-refractivity contribution in [3.63, 3.8) is 0 Å². The quantitative estimate of drug-likeness (QED) is 0.391. The van der Waals surface area contributed by atoms with E-state index in [1.54, 1.807) is 0 Å². The number of hydrogen-bond donors (Lipinski definition) is 2. The molecule has 2 atom stereocenters. The van der Waals surface area contributed by atoms with E-state index in [9.17, 15) is 9.59 Å². The lowest BCUT2D eigenvalue weighted by Gasteiger charge is -2.41. The number of nitrogens with one attached hydrogen (secondary N) is 2. The van der Waals surface area contributed by atoms with E-state index in [0.29, 0.717) is 30.5 Å². The monoisotopic (exact) mass is 484 g/mol. The molecule has 2 rings (SSSR count). The van der Waals surface area contributed by atoms with Gasteiger partial charge < -0.3 is 14.7 Å². The third kappa shape index (κ3) is 9.65. The van der Waals surface area contributed by atoms with Gasteiger partial charge in [0.2, 0.25) is 5.91 Å². The van der Waals surface area contributed by atoms with Crippen LogP contribution >= 0.6 is 0 Å². The highest BCUT2D eigenvalue weighted by molar-refractivity contribution is 6.85. The lowest BCUT2D eigenvalue weighted by atomic mass is 10.1. The molecule has 2 amide bonds. The number of benzene rings is 2. The minimum Gasteiger partial charge on any atom is -0.454 e. The Labute approximate surface area is 201 Å². The molecule has 0 bridgehead atoms. The summed E-state index contributed by atoms with van der Waals surface area (Å²) in [5.41, 5.74) is 1.66. The Morgan fingerprint density at radius 1 is 0.909 bits per heavy atom. The van der Waals surface area contributed by atoms with Gasteiger partial charge in [-0.2, -0.15) is 0 Å². The van der Waals surface area contributed by atoms with Crippen LogP contribution in [0.15, 0.2) is 60.7 Å². The van der Waals surface area contributed by atoms with Crippen LogP contribution in [0.2, 0.25) is 32.2 Å². The van der Waals surface area contributed by atoms with Crippen molar-refractivity contribution in [3.8, 4) is 0 Å². The number of amides is 2. The first-order valence-electron chi connectivity index (χ1n) is 11.9. The van der Waals surface area contributed by atoms with Gasteiger partial charge in [-0.05, 0) is 62.3 Å². The van der Waals surface area contributed by atoms with Gasteiger partial charge in [0, 0.05) is 24.2 Å². The molecule has 33 heavy (non-hydrogen) atoms. The van der Waals surface area contributed by atoms with Gasteiger partial charge in [-0.25, -0.2) is 0 Å². The number of hydrogen-bond acceptors (Lipinski definition) is 3. The normalized spacial score (nSPS) is 14.4. The summed E-state index contributed by atoms with van der Waals surface area (Å²) in [6.07, 6.45) is 1.23. The summed E-state index contributed by atoms with van der Waals surface area (Å²) >= 11 is 0. The summed E-state index contributed by atoms with van der Waals surface area (Å²) in [5.74, 6) is 0.345. The molecule has 2 aromatic rings. The van der Waals surface area contributed by atoms with Crippen LogP contribution in [0.1, 0.15) is 42.6 Å². The minimum absolute atomic E-state index is 0.0226. The van der Waals surface area contributed by atoms with E-state index in [0.717, 1.165) is 12.0 Å². The van der Waals surface area contributed by atoms with Crippen LogP contribution in [0.25, 0.3) is 0 Å². The second kappa shape index (κ2) is 12.3. The van der Waals surface area contributed by atoms with Gasteiger partial charge in [0.1, 0.15) is 0 Å². The molecule has 0 fully saturated rings. The molecule has 0 aliphatic carbocycles. The highest BCUT2D eigenvalue weighted by atomic mass is 28.4. The zero-order valence-corrected chi connectivity index (χ0v) is 23.0. The summed E-state index contributed by atoms with van der Waals surface area (Å²) in [7, 11) is -4.38. The van der Waals surface area contributed by atoms with Crippen LogP contribution < -0.4 is 10.6 Å². The fraction of sp³-hybridized carbons (Fsp3) is 0.462. The summed E-state index contributed by atoms with van der Waals surface area (Å²) in [4.78, 5) is 25.7. The Bertz CT molecular complexity index is 885. The van der Waals surface area contributed by atoms with Crippen molar-refractivity contribution >= 4 is 28.4 Å². The molecule has 7 heteroatoms. The molecular weight excluding hydrogens is 444 g/mol. The minimum atomic E-state index is -2.47. The lowest BCUT2D eigenvalue weighted by Crippen LogP contribution is -2.60. The van der Waals surface area contributed by atoms with Gasteiger partial charge in [0.15, 0.2) is 16.6 Å². The average molecular weight is 485 g/mol. The van der Waals surface area contributed by atoms with Gasteiger partial charge in [-0.15, -0.1) is 0 Å². The molecular formula is C26H40N2O3Si2. The number of rotatable bonds is 12. The molecule has 0 spiro atoms. The number of carbonyl (C=O) groups excluding carboxylic acids is 2. The van der Waals surface area contributed by atoms with E-state index in [2.05, 4.69) is 50.7 Å². The highest BCUT2D eigenvalue weighted by Crippen LogP contribution is 2.27. The Balaban J connectivity index is 2.15. The SMILES string of the molecule is CC(C)C[C@H](NC(=O)c1ccccc1)[Si@@](C)(CCC(=O)NCc1ccccc1)O[Si](C)(C)C. The molecule has 0 radical (unpaired) electrons. The van der Waals surface area contributed by atoms with Crippen LogP contribution in [-0.4, -0.2) is 34.1 Å². The van der Waals surface area contributed by atoms with E-state index in [1.807, 2.05) is 60.7 Å². The van der Waals surface area contributed by atoms with Crippen molar-refractivity contribution in [1.29, 1.82) is 0 Å². The van der Waals surface area contributed by atoms with Gasteiger partial charge in [0.05, 0.1) is 0 Å². The van der Waals surface area contributed by atoms with Gasteiger partial charge >= 0.3 is 0 Å². The zero-order valence-electron chi connectivity index (χ0n) is 21.0. The fourth-order valence-corrected chi connectivity index (χ4v) is 13.1. The smallest absolute Gasteiger partial charge is 0.251 e. The highest BCUT2D eigenvalue weighted by Gasteiger charge is 2.43. The maximum atomic E-state index is 13.0. The predicted molar refractivity (Wildman–Crippen MR) is 141 cm³/mol. The van der Waals surface area contributed by atoms with Crippen molar-refractivity contribution in [2.75, 3.05) is 0 Å².